The molecule has 14 heteroatoms. The molecule has 0 aromatic heterocycles. The molecule has 0 aliphatic heterocycles. The van der Waals surface area contributed by atoms with Crippen LogP contribution in [0, 0.1) is 0 Å². The van der Waals surface area contributed by atoms with Gasteiger partial charge in [-0.05, 0) is 38.5 Å². The largest absolute Gasteiger partial charge is 0.472 e. The van der Waals surface area contributed by atoms with E-state index in [9.17, 15) is 44.6 Å². The molecule has 0 saturated heterocycles. The standard InChI is InChI=1S/C47H89O13P/c1-3-5-7-9-11-13-15-17-19-20-21-22-24-25-27-29-31-33-35-40(48)57-37-39(38-58-61(55,56)60-47-45(53)43(51)42(50)44(52)46(47)54)59-41(49)36-34-32-30-28-26-23-18-16-14-12-10-8-6-4-2/h16,18,39,42-47,50-54H,3-15,17,19-38H2,1-2H3,(H,55,56)/b18-16-/t39-,42?,43-,44?,45?,46?,47?/m1/s1. The molecule has 1 aliphatic carbocycles. The predicted molar refractivity (Wildman–Crippen MR) is 240 cm³/mol. The summed E-state index contributed by atoms with van der Waals surface area (Å²) in [6.07, 6.45) is 26.9. The molecule has 0 amide bonds. The highest BCUT2D eigenvalue weighted by Crippen LogP contribution is 2.47. The van der Waals surface area contributed by atoms with Gasteiger partial charge in [0.1, 0.15) is 43.2 Å². The van der Waals surface area contributed by atoms with Gasteiger partial charge in [0.15, 0.2) is 6.10 Å². The normalized spacial score (nSPS) is 22.0. The summed E-state index contributed by atoms with van der Waals surface area (Å²) in [5.74, 6) is -1.10. The molecule has 6 N–H and O–H groups in total. The van der Waals surface area contributed by atoms with E-state index in [0.717, 1.165) is 57.8 Å². The van der Waals surface area contributed by atoms with Crippen LogP contribution in [0.25, 0.3) is 0 Å². The van der Waals surface area contributed by atoms with E-state index < -0.39 is 75.7 Å². The Morgan fingerprint density at radius 1 is 0.492 bits per heavy atom. The lowest BCUT2D eigenvalue weighted by Gasteiger charge is -2.41. The first-order valence-electron chi connectivity index (χ1n) is 24.5. The molecule has 13 nitrogen and oxygen atoms in total. The molecular formula is C47H89O13P. The molecular weight excluding hydrogens is 803 g/mol. The third-order valence-electron chi connectivity index (χ3n) is 11.6. The van der Waals surface area contributed by atoms with Crippen LogP contribution in [-0.2, 0) is 32.7 Å². The van der Waals surface area contributed by atoms with Crippen LogP contribution in [-0.4, -0.2) is 98.3 Å². The summed E-state index contributed by atoms with van der Waals surface area (Å²) in [7, 11) is -5.12. The number of phosphoric acid groups is 1. The van der Waals surface area contributed by atoms with Gasteiger partial charge in [0.25, 0.3) is 0 Å². The quantitative estimate of drug-likeness (QED) is 0.0146. The number of phosphoric ester groups is 1. The first-order valence-corrected chi connectivity index (χ1v) is 26.0. The topological polar surface area (TPSA) is 210 Å². The van der Waals surface area contributed by atoms with Crippen LogP contribution in [0.5, 0.6) is 0 Å². The number of hydrogen-bond acceptors (Lipinski definition) is 12. The summed E-state index contributed by atoms with van der Waals surface area (Å²) >= 11 is 0. The van der Waals surface area contributed by atoms with Crippen molar-refractivity contribution in [3.8, 4) is 0 Å². The van der Waals surface area contributed by atoms with Crippen molar-refractivity contribution in [1.29, 1.82) is 0 Å². The summed E-state index contributed by atoms with van der Waals surface area (Å²) in [4.78, 5) is 35.7. The molecule has 8 atom stereocenters. The van der Waals surface area contributed by atoms with E-state index in [1.165, 1.54) is 122 Å². The lowest BCUT2D eigenvalue weighted by atomic mass is 9.85. The Morgan fingerprint density at radius 2 is 0.836 bits per heavy atom. The molecule has 1 fully saturated rings. The monoisotopic (exact) mass is 893 g/mol. The zero-order chi connectivity index (χ0) is 45.0. The van der Waals surface area contributed by atoms with Crippen LogP contribution in [0.3, 0.4) is 0 Å². The molecule has 360 valence electrons. The summed E-state index contributed by atoms with van der Waals surface area (Å²) in [5, 5.41) is 50.2. The third-order valence-corrected chi connectivity index (χ3v) is 12.6. The Hall–Kier alpha value is -1.41. The fourth-order valence-corrected chi connectivity index (χ4v) is 8.61. The third kappa shape index (κ3) is 30.4. The second-order valence-corrected chi connectivity index (χ2v) is 18.7. The maximum atomic E-state index is 12.8. The smallest absolute Gasteiger partial charge is 0.462 e. The average molecular weight is 893 g/mol. The van der Waals surface area contributed by atoms with Crippen molar-refractivity contribution >= 4 is 19.8 Å². The van der Waals surface area contributed by atoms with Crippen LogP contribution < -0.4 is 0 Å². The molecule has 61 heavy (non-hydrogen) atoms. The minimum atomic E-state index is -5.12. The van der Waals surface area contributed by atoms with Gasteiger partial charge in [0, 0.05) is 12.8 Å². The molecule has 0 spiro atoms. The highest BCUT2D eigenvalue weighted by Gasteiger charge is 2.51. The molecule has 0 bridgehead atoms. The maximum absolute atomic E-state index is 12.8. The molecule has 1 aliphatic rings. The van der Waals surface area contributed by atoms with Gasteiger partial charge >= 0.3 is 19.8 Å². The Labute approximate surface area is 369 Å². The van der Waals surface area contributed by atoms with Crippen LogP contribution in [0.2, 0.25) is 0 Å². The summed E-state index contributed by atoms with van der Waals surface area (Å²) in [6, 6.07) is 0. The molecule has 0 aromatic rings. The van der Waals surface area contributed by atoms with Crippen molar-refractivity contribution in [2.45, 2.75) is 262 Å². The van der Waals surface area contributed by atoms with Gasteiger partial charge in [0.2, 0.25) is 0 Å². The van der Waals surface area contributed by atoms with E-state index >= 15 is 0 Å². The number of rotatable bonds is 41. The van der Waals surface area contributed by atoms with E-state index in [0.29, 0.717) is 12.8 Å². The van der Waals surface area contributed by atoms with Crippen LogP contribution in [0.1, 0.15) is 219 Å². The van der Waals surface area contributed by atoms with E-state index in [2.05, 4.69) is 26.0 Å². The Balaban J connectivity index is 2.41. The molecule has 0 aromatic carbocycles. The minimum Gasteiger partial charge on any atom is -0.462 e. The van der Waals surface area contributed by atoms with Crippen LogP contribution in [0.15, 0.2) is 12.2 Å². The van der Waals surface area contributed by atoms with Crippen LogP contribution in [0.4, 0.5) is 0 Å². The fraction of sp³-hybridized carbons (Fsp3) is 0.915. The predicted octanol–water partition coefficient (Wildman–Crippen LogP) is 9.84. The average Bonchev–Trinajstić information content (AvgIpc) is 3.24. The summed E-state index contributed by atoms with van der Waals surface area (Å²) < 4.78 is 33.6. The van der Waals surface area contributed by atoms with Crippen molar-refractivity contribution in [3.63, 3.8) is 0 Å². The number of carbonyl (C=O) groups excluding carboxylic acids is 2. The van der Waals surface area contributed by atoms with Gasteiger partial charge < -0.3 is 39.9 Å². The Bertz CT molecular complexity index is 1120. The Kier molecular flexibility index (Phi) is 35.8. The minimum absolute atomic E-state index is 0.0908. The maximum Gasteiger partial charge on any atom is 0.472 e. The molecule has 0 radical (unpaired) electrons. The summed E-state index contributed by atoms with van der Waals surface area (Å²) in [5.41, 5.74) is 0. The first kappa shape index (κ1) is 57.6. The van der Waals surface area contributed by atoms with Crippen LogP contribution >= 0.6 is 7.82 Å². The molecule has 6 unspecified atom stereocenters. The number of ether oxygens (including phenoxy) is 2. The summed E-state index contributed by atoms with van der Waals surface area (Å²) in [6.45, 7) is 3.31. The van der Waals surface area contributed by atoms with Gasteiger partial charge in [-0.3, -0.25) is 18.6 Å². The Morgan fingerprint density at radius 3 is 1.25 bits per heavy atom. The van der Waals surface area contributed by atoms with Crippen molar-refractivity contribution in [1.82, 2.24) is 0 Å². The first-order chi connectivity index (χ1) is 29.4. The fourth-order valence-electron chi connectivity index (χ4n) is 7.64. The molecule has 1 rings (SSSR count). The highest BCUT2D eigenvalue weighted by atomic mass is 31.2. The number of hydrogen-bond donors (Lipinski definition) is 6. The van der Waals surface area contributed by atoms with Gasteiger partial charge in [-0.1, -0.05) is 180 Å². The number of carbonyl (C=O) groups is 2. The van der Waals surface area contributed by atoms with Crippen molar-refractivity contribution in [2.75, 3.05) is 13.2 Å². The number of aliphatic hydroxyl groups is 5. The SMILES string of the molecule is CCCCCCC/C=C\CCCCCCCC(=O)O[C@H](COC(=O)CCCCCCCCCCCCCCCCCCCC)COP(=O)(O)OC1C(O)C(O)C(O)[C@@H](O)C1O. The van der Waals surface area contributed by atoms with E-state index in [4.69, 9.17) is 18.5 Å². The lowest BCUT2D eigenvalue weighted by Crippen LogP contribution is -2.64. The lowest BCUT2D eigenvalue weighted by molar-refractivity contribution is -0.220. The number of aliphatic hydroxyl groups excluding tert-OH is 5. The van der Waals surface area contributed by atoms with E-state index in [-0.39, 0.29) is 12.8 Å². The zero-order valence-electron chi connectivity index (χ0n) is 38.2. The van der Waals surface area contributed by atoms with Crippen molar-refractivity contribution in [2.24, 2.45) is 0 Å². The molecule has 1 saturated carbocycles. The molecule has 0 heterocycles. The number of unbranched alkanes of at least 4 members (excludes halogenated alkanes) is 27. The van der Waals surface area contributed by atoms with Gasteiger partial charge in [-0.15, -0.1) is 0 Å². The number of esters is 2. The number of allylic oxidation sites excluding steroid dienone is 2. The van der Waals surface area contributed by atoms with Gasteiger partial charge in [-0.2, -0.15) is 0 Å². The second-order valence-electron chi connectivity index (χ2n) is 17.3. The van der Waals surface area contributed by atoms with Gasteiger partial charge in [-0.25, -0.2) is 4.57 Å². The zero-order valence-corrected chi connectivity index (χ0v) is 39.1. The second kappa shape index (κ2) is 37.9. The van der Waals surface area contributed by atoms with E-state index in [1.807, 2.05) is 0 Å². The van der Waals surface area contributed by atoms with Gasteiger partial charge in [0.05, 0.1) is 6.61 Å². The van der Waals surface area contributed by atoms with Crippen molar-refractivity contribution in [3.05, 3.63) is 12.2 Å². The van der Waals surface area contributed by atoms with E-state index in [1.54, 1.807) is 0 Å². The highest BCUT2D eigenvalue weighted by molar-refractivity contribution is 7.47. The van der Waals surface area contributed by atoms with Crippen molar-refractivity contribution < 1.29 is 63.1 Å².